The predicted octanol–water partition coefficient (Wildman–Crippen LogP) is 1.41. The Morgan fingerprint density at radius 1 is 1.40 bits per heavy atom. The fourth-order valence-corrected chi connectivity index (χ4v) is 5.88. The number of carbonyl (C=O) groups is 1. The van der Waals surface area contributed by atoms with E-state index < -0.39 is 28.2 Å². The number of carbonyl (C=O) groups excluding carboxylic acids is 1. The van der Waals surface area contributed by atoms with Crippen LogP contribution in [0.3, 0.4) is 0 Å². The van der Waals surface area contributed by atoms with E-state index in [1.54, 1.807) is 0 Å². The van der Waals surface area contributed by atoms with Gasteiger partial charge in [0.05, 0.1) is 24.9 Å². The minimum absolute atomic E-state index is 0.00769. The molecular formula is C16H16F2N6O4S2. The minimum atomic E-state index is -3.90. The molecule has 30 heavy (non-hydrogen) atoms. The molecule has 1 aliphatic rings. The Morgan fingerprint density at radius 2 is 2.20 bits per heavy atom. The van der Waals surface area contributed by atoms with Crippen LogP contribution in [0.15, 0.2) is 22.8 Å². The highest BCUT2D eigenvalue weighted by molar-refractivity contribution is 7.91. The molecule has 3 aromatic heterocycles. The third-order valence-electron chi connectivity index (χ3n) is 4.41. The van der Waals surface area contributed by atoms with E-state index in [9.17, 15) is 22.0 Å². The van der Waals surface area contributed by atoms with Gasteiger partial charge in [-0.15, -0.1) is 11.3 Å². The molecule has 0 spiro atoms. The van der Waals surface area contributed by atoms with Gasteiger partial charge in [0, 0.05) is 13.1 Å². The van der Waals surface area contributed by atoms with E-state index in [1.165, 1.54) is 28.3 Å². The van der Waals surface area contributed by atoms with Gasteiger partial charge in [0.25, 0.3) is 22.2 Å². The summed E-state index contributed by atoms with van der Waals surface area (Å²) in [5.41, 5.74) is -0.264. The van der Waals surface area contributed by atoms with Gasteiger partial charge < -0.3 is 4.74 Å². The largest absolute Gasteiger partial charge is 0.369 e. The molecule has 1 saturated heterocycles. The molecule has 1 unspecified atom stereocenters. The van der Waals surface area contributed by atoms with Gasteiger partial charge in [-0.1, -0.05) is 0 Å². The van der Waals surface area contributed by atoms with E-state index in [0.717, 1.165) is 17.4 Å². The number of halogens is 2. The second kappa shape index (κ2) is 8.02. The van der Waals surface area contributed by atoms with E-state index in [2.05, 4.69) is 20.1 Å². The maximum atomic E-state index is 13.2. The molecule has 160 valence electrons. The van der Waals surface area contributed by atoms with E-state index in [1.807, 2.05) is 0 Å². The van der Waals surface area contributed by atoms with Crippen LogP contribution in [-0.2, 0) is 26.0 Å². The summed E-state index contributed by atoms with van der Waals surface area (Å²) in [5.74, 6) is -0.146. The topological polar surface area (TPSA) is 120 Å². The Morgan fingerprint density at radius 3 is 2.93 bits per heavy atom. The van der Waals surface area contributed by atoms with Crippen molar-refractivity contribution in [2.45, 2.75) is 30.1 Å². The molecule has 0 amide bonds. The zero-order valence-electron chi connectivity index (χ0n) is 15.6. The first-order chi connectivity index (χ1) is 14.3. The number of nitrogens with zero attached hydrogens (tertiary/aromatic N) is 6. The lowest BCUT2D eigenvalue weighted by molar-refractivity contribution is -0.116. The maximum absolute atomic E-state index is 13.2. The molecule has 0 aromatic carbocycles. The molecule has 10 nitrogen and oxygen atoms in total. The summed E-state index contributed by atoms with van der Waals surface area (Å²) in [6, 6.07) is 1.14. The van der Waals surface area contributed by atoms with Crippen molar-refractivity contribution in [3.05, 3.63) is 35.0 Å². The quantitative estimate of drug-likeness (QED) is 0.544. The van der Waals surface area contributed by atoms with Crippen molar-refractivity contribution >= 4 is 32.9 Å². The number of thiazole rings is 1. The van der Waals surface area contributed by atoms with Gasteiger partial charge in [0.1, 0.15) is 28.9 Å². The van der Waals surface area contributed by atoms with Gasteiger partial charge in [-0.25, -0.2) is 27.2 Å². The maximum Gasteiger partial charge on any atom is 0.280 e. The third-order valence-corrected chi connectivity index (χ3v) is 7.71. The Hall–Kier alpha value is -2.42. The Labute approximate surface area is 173 Å². The first-order valence-corrected chi connectivity index (χ1v) is 11.1. The highest BCUT2D eigenvalue weighted by Crippen LogP contribution is 2.30. The molecule has 4 heterocycles. The molecule has 1 atom stereocenters. The normalized spacial score (nSPS) is 18.3. The van der Waals surface area contributed by atoms with Crippen LogP contribution in [0.25, 0.3) is 5.78 Å². The van der Waals surface area contributed by atoms with Gasteiger partial charge in [0.2, 0.25) is 0 Å². The molecule has 1 aliphatic heterocycles. The van der Waals surface area contributed by atoms with Gasteiger partial charge in [-0.2, -0.15) is 18.9 Å². The van der Waals surface area contributed by atoms with Crippen molar-refractivity contribution in [3.8, 4) is 0 Å². The number of hydrogen-bond donors (Lipinski definition) is 0. The van der Waals surface area contributed by atoms with Crippen molar-refractivity contribution in [3.63, 3.8) is 0 Å². The molecule has 0 radical (unpaired) electrons. The lowest BCUT2D eigenvalue weighted by atomic mass is 10.2. The third kappa shape index (κ3) is 3.95. The van der Waals surface area contributed by atoms with Gasteiger partial charge in [-0.3, -0.25) is 4.79 Å². The number of Topliss-reactive ketones (excluding diaryl/α,β-unsaturated/α-hetero) is 1. The minimum Gasteiger partial charge on any atom is -0.369 e. The zero-order valence-corrected chi connectivity index (χ0v) is 17.2. The van der Waals surface area contributed by atoms with Crippen LogP contribution in [0, 0.1) is 0 Å². The second-order valence-electron chi connectivity index (χ2n) is 6.55. The molecule has 4 rings (SSSR count). The molecule has 0 bridgehead atoms. The second-order valence-corrected chi connectivity index (χ2v) is 9.83. The number of fused-ring (bicyclic) bond motifs is 1. The summed E-state index contributed by atoms with van der Waals surface area (Å²) >= 11 is 0.930. The number of sulfonamides is 1. The van der Waals surface area contributed by atoms with E-state index in [0.29, 0.717) is 5.01 Å². The Kier molecular flexibility index (Phi) is 5.57. The highest BCUT2D eigenvalue weighted by Gasteiger charge is 2.34. The lowest BCUT2D eigenvalue weighted by Crippen LogP contribution is -2.42. The number of aromatic nitrogens is 5. The van der Waals surface area contributed by atoms with Gasteiger partial charge in [0.15, 0.2) is 4.21 Å². The van der Waals surface area contributed by atoms with Crippen molar-refractivity contribution in [1.82, 2.24) is 28.9 Å². The van der Waals surface area contributed by atoms with Crippen LogP contribution in [0.4, 0.5) is 8.78 Å². The Balaban J connectivity index is 1.64. The molecule has 14 heteroatoms. The molecule has 0 saturated carbocycles. The lowest BCUT2D eigenvalue weighted by Gasteiger charge is -2.31. The first-order valence-electron chi connectivity index (χ1n) is 8.80. The number of ether oxygens (including phenoxy) is 1. The van der Waals surface area contributed by atoms with Crippen molar-refractivity contribution in [2.75, 3.05) is 19.7 Å². The fraction of sp³-hybridized carbons (Fsp3) is 0.438. The monoisotopic (exact) mass is 458 g/mol. The number of alkyl halides is 2. The summed E-state index contributed by atoms with van der Waals surface area (Å²) in [5, 5.41) is 4.39. The van der Waals surface area contributed by atoms with E-state index >= 15 is 0 Å². The molecular weight excluding hydrogens is 442 g/mol. The smallest absolute Gasteiger partial charge is 0.280 e. The van der Waals surface area contributed by atoms with Crippen LogP contribution in [0.1, 0.15) is 35.8 Å². The van der Waals surface area contributed by atoms with Crippen molar-refractivity contribution < 1.29 is 26.7 Å². The SMILES string of the molecule is CC(=O)Cc1ncc(S(=O)(=O)N2CCOC(c3cc(C(F)F)nc4ncnn34)C2)s1. The number of rotatable bonds is 6. The number of ketones is 1. The molecule has 3 aromatic rings. The summed E-state index contributed by atoms with van der Waals surface area (Å²) in [4.78, 5) is 22.9. The summed E-state index contributed by atoms with van der Waals surface area (Å²) in [6.07, 6.45) is -1.22. The van der Waals surface area contributed by atoms with Crippen molar-refractivity contribution in [2.24, 2.45) is 0 Å². The van der Waals surface area contributed by atoms with E-state index in [4.69, 9.17) is 4.74 Å². The highest BCUT2D eigenvalue weighted by atomic mass is 32.2. The first kappa shape index (κ1) is 20.8. The van der Waals surface area contributed by atoms with Crippen LogP contribution in [0.5, 0.6) is 0 Å². The van der Waals surface area contributed by atoms with Crippen LogP contribution < -0.4 is 0 Å². The zero-order chi connectivity index (χ0) is 21.5. The Bertz CT molecular complexity index is 1200. The van der Waals surface area contributed by atoms with Crippen LogP contribution in [-0.4, -0.2) is 62.8 Å². The number of morpholine rings is 1. The van der Waals surface area contributed by atoms with Gasteiger partial charge >= 0.3 is 0 Å². The average Bonchev–Trinajstić information content (AvgIpc) is 3.36. The van der Waals surface area contributed by atoms with Crippen LogP contribution in [0.2, 0.25) is 0 Å². The summed E-state index contributed by atoms with van der Waals surface area (Å²) in [6.45, 7) is 1.44. The predicted molar refractivity (Wildman–Crippen MR) is 99.7 cm³/mol. The summed E-state index contributed by atoms with van der Waals surface area (Å²) in [7, 11) is -3.90. The molecule has 1 fully saturated rings. The van der Waals surface area contributed by atoms with Gasteiger partial charge in [-0.05, 0) is 13.0 Å². The number of hydrogen-bond acceptors (Lipinski definition) is 9. The summed E-state index contributed by atoms with van der Waals surface area (Å²) < 4.78 is 60.7. The standard InChI is InChI=1S/C16H16F2N6O4S2/c1-9(25)4-13-19-6-14(29-13)30(26,27)23-2-3-28-12(7-23)11-5-10(15(17)18)22-16-20-8-21-24(11)16/h5-6,8,12,15H,2-4,7H2,1H3. The van der Waals surface area contributed by atoms with E-state index in [-0.39, 0.29) is 47.6 Å². The van der Waals surface area contributed by atoms with Crippen molar-refractivity contribution in [1.29, 1.82) is 0 Å². The average molecular weight is 458 g/mol. The fourth-order valence-electron chi connectivity index (χ4n) is 3.05. The molecule has 0 aliphatic carbocycles. The van der Waals surface area contributed by atoms with Crippen LogP contribution >= 0.6 is 11.3 Å². The molecule has 0 N–H and O–H groups in total.